The lowest BCUT2D eigenvalue weighted by atomic mass is 10.1. The van der Waals surface area contributed by atoms with Crippen molar-refractivity contribution in [2.45, 2.75) is 13.3 Å². The summed E-state index contributed by atoms with van der Waals surface area (Å²) in [7, 11) is 0. The summed E-state index contributed by atoms with van der Waals surface area (Å²) in [5, 5.41) is 2.45. The van der Waals surface area contributed by atoms with Crippen LogP contribution >= 0.6 is 0 Å². The summed E-state index contributed by atoms with van der Waals surface area (Å²) in [5.74, 6) is 2.97. The van der Waals surface area contributed by atoms with E-state index in [1.165, 1.54) is 24.4 Å². The first-order valence-electron chi connectivity index (χ1n) is 8.71. The van der Waals surface area contributed by atoms with E-state index in [1.54, 1.807) is 6.92 Å². The Morgan fingerprint density at radius 2 is 2.13 bits per heavy atom. The molecule has 0 unspecified atom stereocenters. The predicted molar refractivity (Wildman–Crippen MR) is 105 cm³/mol. The predicted octanol–water partition coefficient (Wildman–Crippen LogP) is 2.82. The molecule has 1 amide bonds. The van der Waals surface area contributed by atoms with Gasteiger partial charge in [-0.1, -0.05) is 5.92 Å². The van der Waals surface area contributed by atoms with Crippen molar-refractivity contribution in [1.29, 1.82) is 0 Å². The van der Waals surface area contributed by atoms with E-state index >= 15 is 0 Å². The van der Waals surface area contributed by atoms with Gasteiger partial charge in [-0.25, -0.2) is 23.1 Å². The second kappa shape index (κ2) is 11.3. The molecule has 0 saturated heterocycles. The largest absolute Gasteiger partial charge is 0.479 e. The second-order valence-electron chi connectivity index (χ2n) is 5.69. The van der Waals surface area contributed by atoms with E-state index < -0.39 is 30.4 Å². The van der Waals surface area contributed by atoms with E-state index in [0.717, 1.165) is 6.07 Å². The third-order valence-corrected chi connectivity index (χ3v) is 3.66. The quantitative estimate of drug-likeness (QED) is 0.296. The van der Waals surface area contributed by atoms with Gasteiger partial charge in [-0.15, -0.1) is 5.92 Å². The molecule has 1 aromatic carbocycles. The minimum Gasteiger partial charge on any atom is -0.479 e. The molecule has 0 aliphatic rings. The highest BCUT2D eigenvalue weighted by molar-refractivity contribution is 6.02. The molecule has 30 heavy (non-hydrogen) atoms. The first kappa shape index (κ1) is 22.5. The summed E-state index contributed by atoms with van der Waals surface area (Å²) in [4.78, 5) is 19.5. The Morgan fingerprint density at radius 3 is 2.80 bits per heavy atom. The Bertz CT molecular complexity index is 970. The Kier molecular flexibility index (Phi) is 8.50. The third kappa shape index (κ3) is 6.70. The van der Waals surface area contributed by atoms with E-state index in [9.17, 15) is 18.0 Å². The molecular weight excluding hydrogens is 401 g/mol. The molecule has 0 aliphatic carbocycles. The maximum absolute atomic E-state index is 14.0. The highest BCUT2D eigenvalue weighted by Crippen LogP contribution is 2.20. The molecule has 0 atom stereocenters. The van der Waals surface area contributed by atoms with Gasteiger partial charge >= 0.3 is 0 Å². The van der Waals surface area contributed by atoms with E-state index in [0.29, 0.717) is 5.75 Å². The number of hydrogen-bond donors (Lipinski definition) is 2. The first-order chi connectivity index (χ1) is 14.4. The topological polar surface area (TPSA) is 98.8 Å². The number of anilines is 1. The summed E-state index contributed by atoms with van der Waals surface area (Å²) >= 11 is 0. The maximum Gasteiger partial charge on any atom is 0.284 e. The molecule has 3 N–H and O–H groups in total. The lowest BCUT2D eigenvalue weighted by Gasteiger charge is -2.10. The number of ether oxygens (including phenoxy) is 2. The number of amidine groups is 1. The molecule has 1 heterocycles. The summed E-state index contributed by atoms with van der Waals surface area (Å²) in [6, 6.07) is 4.66. The van der Waals surface area contributed by atoms with Crippen LogP contribution in [0.15, 0.2) is 35.5 Å². The van der Waals surface area contributed by atoms with Gasteiger partial charge in [0.25, 0.3) is 11.9 Å². The highest BCUT2D eigenvalue weighted by Gasteiger charge is 2.14. The van der Waals surface area contributed by atoms with Crippen LogP contribution in [-0.4, -0.2) is 36.9 Å². The molecule has 0 saturated carbocycles. The number of amides is 1. The Hall–Kier alpha value is -3.74. The molecule has 0 spiro atoms. The van der Waals surface area contributed by atoms with Crippen molar-refractivity contribution >= 4 is 17.6 Å². The van der Waals surface area contributed by atoms with Gasteiger partial charge in [-0.05, 0) is 30.7 Å². The number of hydrogen-bond acceptors (Lipinski definition) is 5. The van der Waals surface area contributed by atoms with Crippen LogP contribution in [-0.2, 0) is 11.2 Å². The third-order valence-electron chi connectivity index (χ3n) is 3.66. The van der Waals surface area contributed by atoms with Gasteiger partial charge in [0.05, 0.1) is 12.8 Å². The minimum atomic E-state index is -1.15. The lowest BCUT2D eigenvalue weighted by Crippen LogP contribution is -2.18. The molecule has 0 fully saturated rings. The number of nitrogens with zero attached hydrogens (tertiary/aromatic N) is 2. The molecule has 0 aliphatic heterocycles. The van der Waals surface area contributed by atoms with Crippen molar-refractivity contribution in [1.82, 2.24) is 4.98 Å². The highest BCUT2D eigenvalue weighted by atomic mass is 19.2. The van der Waals surface area contributed by atoms with Gasteiger partial charge < -0.3 is 20.5 Å². The molecule has 2 aromatic rings. The van der Waals surface area contributed by atoms with Crippen molar-refractivity contribution in [2.24, 2.45) is 10.7 Å². The lowest BCUT2D eigenvalue weighted by molar-refractivity contribution is 0.102. The van der Waals surface area contributed by atoms with E-state index in [1.807, 2.05) is 0 Å². The maximum atomic E-state index is 14.0. The van der Waals surface area contributed by atoms with Crippen LogP contribution in [0.3, 0.4) is 0 Å². The normalized spacial score (nSPS) is 10.7. The van der Waals surface area contributed by atoms with Crippen molar-refractivity contribution in [2.75, 3.05) is 25.3 Å². The second-order valence-corrected chi connectivity index (χ2v) is 5.69. The van der Waals surface area contributed by atoms with Crippen LogP contribution in [0.5, 0.6) is 5.75 Å². The van der Waals surface area contributed by atoms with Crippen molar-refractivity contribution < 1.29 is 27.4 Å². The fourth-order valence-electron chi connectivity index (χ4n) is 2.26. The number of aromatic nitrogens is 1. The van der Waals surface area contributed by atoms with Gasteiger partial charge in [-0.2, -0.15) is 0 Å². The zero-order valence-electron chi connectivity index (χ0n) is 16.0. The molecule has 1 aromatic heterocycles. The van der Waals surface area contributed by atoms with Crippen LogP contribution in [0.2, 0.25) is 0 Å². The monoisotopic (exact) mass is 420 g/mol. The number of rotatable bonds is 8. The van der Waals surface area contributed by atoms with Gasteiger partial charge in [0, 0.05) is 18.2 Å². The smallest absolute Gasteiger partial charge is 0.284 e. The number of halogens is 3. The number of carbonyl (C=O) groups excluding carboxylic acids is 1. The number of carbonyl (C=O) groups is 1. The van der Waals surface area contributed by atoms with Crippen LogP contribution in [0.25, 0.3) is 0 Å². The van der Waals surface area contributed by atoms with Crippen LogP contribution in [0.4, 0.5) is 18.9 Å². The standard InChI is InChI=1S/C20H19F3N4O3/c1-2-3-7-29-15-4-5-17(25-11-15)19(28)27-14-9-13(18(23)16(22)10-14)6-8-30-20(24)26-12-21/h4-5,9-11H,6-8,12H2,1H3,(H2,24,26)(H,27,28). The summed E-state index contributed by atoms with van der Waals surface area (Å²) < 4.78 is 50.1. The van der Waals surface area contributed by atoms with Gasteiger partial charge in [0.15, 0.2) is 18.4 Å². The van der Waals surface area contributed by atoms with Crippen LogP contribution in [0, 0.1) is 23.5 Å². The number of alkyl halides is 1. The Labute approximate surface area is 171 Å². The van der Waals surface area contributed by atoms with Crippen molar-refractivity contribution in [3.8, 4) is 17.6 Å². The number of pyridine rings is 1. The van der Waals surface area contributed by atoms with Crippen molar-refractivity contribution in [3.05, 3.63) is 53.4 Å². The number of aliphatic imine (C=N–C) groups is 1. The number of nitrogens with one attached hydrogen (secondary N) is 1. The fraction of sp³-hybridized carbons (Fsp3) is 0.250. The average molecular weight is 420 g/mol. The van der Waals surface area contributed by atoms with Gasteiger partial charge in [0.2, 0.25) is 0 Å². The molecule has 7 nitrogen and oxygen atoms in total. The number of benzene rings is 1. The first-order valence-corrected chi connectivity index (χ1v) is 8.71. The average Bonchev–Trinajstić information content (AvgIpc) is 2.72. The van der Waals surface area contributed by atoms with Gasteiger partial charge in [0.1, 0.15) is 18.1 Å². The zero-order valence-corrected chi connectivity index (χ0v) is 16.0. The molecule has 0 radical (unpaired) electrons. The van der Waals surface area contributed by atoms with E-state index in [4.69, 9.17) is 15.2 Å². The SMILES string of the molecule is CC#CCOc1ccc(C(=O)Nc2cc(F)c(F)c(CCO/C(N)=N\CF)c2)nc1. The summed E-state index contributed by atoms with van der Waals surface area (Å²) in [6.07, 6.45) is 1.27. The Balaban J connectivity index is 2.04. The molecule has 2 rings (SSSR count). The van der Waals surface area contributed by atoms with Crippen LogP contribution < -0.4 is 15.8 Å². The Morgan fingerprint density at radius 1 is 1.33 bits per heavy atom. The zero-order chi connectivity index (χ0) is 21.9. The molecule has 10 heteroatoms. The van der Waals surface area contributed by atoms with Gasteiger partial charge in [-0.3, -0.25) is 4.79 Å². The molecule has 0 bridgehead atoms. The minimum absolute atomic E-state index is 0.0274. The summed E-state index contributed by atoms with van der Waals surface area (Å²) in [5.41, 5.74) is 5.28. The fourth-order valence-corrected chi connectivity index (χ4v) is 2.26. The number of nitrogens with two attached hydrogens (primary N) is 1. The summed E-state index contributed by atoms with van der Waals surface area (Å²) in [6.45, 7) is 0.664. The molecule has 158 valence electrons. The molecular formula is C20H19F3N4O3. The van der Waals surface area contributed by atoms with Crippen molar-refractivity contribution in [3.63, 3.8) is 0 Å². The van der Waals surface area contributed by atoms with E-state index in [2.05, 4.69) is 27.1 Å². The van der Waals surface area contributed by atoms with E-state index in [-0.39, 0.29) is 36.6 Å². The van der Waals surface area contributed by atoms with Crippen LogP contribution in [0.1, 0.15) is 23.0 Å².